The van der Waals surface area contributed by atoms with Gasteiger partial charge in [-0.3, -0.25) is 4.98 Å². The van der Waals surface area contributed by atoms with E-state index in [1.807, 2.05) is 42.7 Å². The summed E-state index contributed by atoms with van der Waals surface area (Å²) in [6, 6.07) is 12.7. The molecule has 1 aliphatic rings. The Morgan fingerprint density at radius 1 is 1.11 bits per heavy atom. The van der Waals surface area contributed by atoms with Gasteiger partial charge in [0.25, 0.3) is 6.01 Å². The Kier molecular flexibility index (Phi) is 4.08. The van der Waals surface area contributed by atoms with E-state index in [1.165, 1.54) is 5.56 Å². The summed E-state index contributed by atoms with van der Waals surface area (Å²) in [7, 11) is 0. The highest BCUT2D eigenvalue weighted by Crippen LogP contribution is 2.30. The Morgan fingerprint density at radius 2 is 2.07 bits per heavy atom. The Bertz CT molecular complexity index is 1010. The lowest BCUT2D eigenvalue weighted by atomic mass is 9.97. The third kappa shape index (κ3) is 3.18. The molecule has 6 nitrogen and oxygen atoms in total. The molecule has 1 aromatic carbocycles. The highest BCUT2D eigenvalue weighted by molar-refractivity contribution is 5.74. The first-order chi connectivity index (χ1) is 13.4. The van der Waals surface area contributed by atoms with E-state index in [0.29, 0.717) is 11.9 Å². The van der Waals surface area contributed by atoms with E-state index < -0.39 is 0 Å². The average molecular weight is 359 g/mol. The van der Waals surface area contributed by atoms with Gasteiger partial charge in [0.2, 0.25) is 0 Å². The van der Waals surface area contributed by atoms with Crippen LogP contribution >= 0.6 is 0 Å². The van der Waals surface area contributed by atoms with E-state index >= 15 is 0 Å². The van der Waals surface area contributed by atoms with Gasteiger partial charge in [-0.05, 0) is 36.6 Å². The van der Waals surface area contributed by atoms with Gasteiger partial charge in [0.1, 0.15) is 11.3 Å². The van der Waals surface area contributed by atoms with E-state index in [0.717, 1.165) is 49.4 Å². The number of anilines is 1. The minimum Gasteiger partial charge on any atom is -0.423 e. The number of nitrogens with zero attached hydrogens (tertiary/aromatic N) is 5. The van der Waals surface area contributed by atoms with Crippen LogP contribution in [0.25, 0.3) is 11.1 Å². The summed E-state index contributed by atoms with van der Waals surface area (Å²) in [5, 5.41) is 0. The second-order valence-electron chi connectivity index (χ2n) is 7.02. The number of aromatic nitrogens is 4. The molecule has 5 rings (SSSR count). The fourth-order valence-corrected chi connectivity index (χ4v) is 3.86. The van der Waals surface area contributed by atoms with Gasteiger partial charge < -0.3 is 13.9 Å². The first-order valence-electron chi connectivity index (χ1n) is 9.37. The number of imidazole rings is 1. The van der Waals surface area contributed by atoms with Gasteiger partial charge in [0.05, 0.1) is 6.54 Å². The Labute approximate surface area is 157 Å². The van der Waals surface area contributed by atoms with E-state index in [2.05, 4.69) is 36.7 Å². The van der Waals surface area contributed by atoms with Crippen molar-refractivity contribution in [2.45, 2.75) is 25.3 Å². The molecule has 1 atom stereocenters. The molecular formula is C21H21N5O. The molecule has 4 heterocycles. The van der Waals surface area contributed by atoms with Crippen molar-refractivity contribution in [2.24, 2.45) is 0 Å². The summed E-state index contributed by atoms with van der Waals surface area (Å²) in [5.41, 5.74) is 2.93. The van der Waals surface area contributed by atoms with Crippen molar-refractivity contribution in [1.82, 2.24) is 19.5 Å². The summed E-state index contributed by atoms with van der Waals surface area (Å²) >= 11 is 0. The van der Waals surface area contributed by atoms with Crippen molar-refractivity contribution in [2.75, 3.05) is 18.0 Å². The Balaban J connectivity index is 1.38. The largest absolute Gasteiger partial charge is 0.423 e. The average Bonchev–Trinajstić information content (AvgIpc) is 3.36. The lowest BCUT2D eigenvalue weighted by molar-refractivity contribution is 0.447. The van der Waals surface area contributed by atoms with Crippen molar-refractivity contribution >= 4 is 17.1 Å². The van der Waals surface area contributed by atoms with Crippen LogP contribution in [0.2, 0.25) is 0 Å². The normalized spacial score (nSPS) is 17.5. The Morgan fingerprint density at radius 3 is 2.96 bits per heavy atom. The van der Waals surface area contributed by atoms with Gasteiger partial charge in [-0.15, -0.1) is 0 Å². The molecule has 0 amide bonds. The fourth-order valence-electron chi connectivity index (χ4n) is 3.86. The smallest absolute Gasteiger partial charge is 0.298 e. The molecule has 0 N–H and O–H groups in total. The topological polar surface area (TPSA) is 60.0 Å². The number of hydrogen-bond acceptors (Lipinski definition) is 5. The zero-order valence-electron chi connectivity index (χ0n) is 15.0. The number of rotatable bonds is 4. The van der Waals surface area contributed by atoms with Gasteiger partial charge in [-0.25, -0.2) is 4.98 Å². The van der Waals surface area contributed by atoms with E-state index in [-0.39, 0.29) is 0 Å². The molecule has 0 bridgehead atoms. The van der Waals surface area contributed by atoms with Gasteiger partial charge in [0, 0.05) is 43.8 Å². The molecule has 136 valence electrons. The molecule has 1 aliphatic heterocycles. The van der Waals surface area contributed by atoms with Crippen LogP contribution in [0, 0.1) is 0 Å². The van der Waals surface area contributed by atoms with Gasteiger partial charge in [-0.1, -0.05) is 18.2 Å². The maximum Gasteiger partial charge on any atom is 0.298 e. The standard InChI is InChI=1S/C21H21N5O/c1-2-8-19-18(7-1)24-21(27-19)26-11-4-6-17(15-26)20-23-10-12-25(20)14-16-5-3-9-22-13-16/h1-3,5,7-10,12-13,17H,4,6,11,14-15H2/t17-/m1/s1. The van der Waals surface area contributed by atoms with Crippen LogP contribution in [-0.2, 0) is 6.54 Å². The molecule has 1 fully saturated rings. The molecule has 0 saturated carbocycles. The van der Waals surface area contributed by atoms with Gasteiger partial charge in [-0.2, -0.15) is 4.98 Å². The van der Waals surface area contributed by atoms with E-state index in [4.69, 9.17) is 4.42 Å². The number of para-hydroxylation sites is 2. The van der Waals surface area contributed by atoms with Crippen LogP contribution in [-0.4, -0.2) is 32.6 Å². The van der Waals surface area contributed by atoms with Crippen LogP contribution < -0.4 is 4.90 Å². The predicted octanol–water partition coefficient (Wildman–Crippen LogP) is 3.85. The molecule has 3 aromatic heterocycles. The third-order valence-corrected chi connectivity index (χ3v) is 5.16. The number of piperidine rings is 1. The van der Waals surface area contributed by atoms with Gasteiger partial charge in [0.15, 0.2) is 5.58 Å². The summed E-state index contributed by atoms with van der Waals surface area (Å²) in [4.78, 5) is 15.8. The number of hydrogen-bond donors (Lipinski definition) is 0. The highest BCUT2D eigenvalue weighted by Gasteiger charge is 2.27. The molecular weight excluding hydrogens is 338 g/mol. The van der Waals surface area contributed by atoms with Crippen molar-refractivity contribution in [3.63, 3.8) is 0 Å². The molecule has 6 heteroatoms. The fraction of sp³-hybridized carbons (Fsp3) is 0.286. The second kappa shape index (κ2) is 6.87. The number of oxazole rings is 1. The van der Waals surface area contributed by atoms with Gasteiger partial charge >= 0.3 is 0 Å². The Hall–Kier alpha value is -3.15. The molecule has 0 radical (unpaired) electrons. The maximum absolute atomic E-state index is 5.98. The SMILES string of the molecule is c1cncc(Cn2ccnc2[C@@H]2CCCN(c3nc4ccccc4o3)C2)c1. The molecule has 0 unspecified atom stereocenters. The van der Waals surface area contributed by atoms with Crippen LogP contribution in [0.15, 0.2) is 65.6 Å². The van der Waals surface area contributed by atoms with E-state index in [1.54, 1.807) is 6.20 Å². The zero-order valence-corrected chi connectivity index (χ0v) is 15.0. The first kappa shape index (κ1) is 16.1. The monoisotopic (exact) mass is 359 g/mol. The summed E-state index contributed by atoms with van der Waals surface area (Å²) in [6.45, 7) is 2.63. The number of fused-ring (bicyclic) bond motifs is 1. The van der Waals surface area contributed by atoms with Crippen LogP contribution in [0.1, 0.15) is 30.1 Å². The molecule has 0 spiro atoms. The van der Waals surface area contributed by atoms with Crippen LogP contribution in [0.3, 0.4) is 0 Å². The quantitative estimate of drug-likeness (QED) is 0.554. The van der Waals surface area contributed by atoms with Crippen molar-refractivity contribution in [3.8, 4) is 0 Å². The molecule has 4 aromatic rings. The predicted molar refractivity (Wildman–Crippen MR) is 104 cm³/mol. The van der Waals surface area contributed by atoms with E-state index in [9.17, 15) is 0 Å². The molecule has 27 heavy (non-hydrogen) atoms. The van der Waals surface area contributed by atoms with Crippen molar-refractivity contribution in [3.05, 3.63) is 72.6 Å². The lowest BCUT2D eigenvalue weighted by Gasteiger charge is -2.31. The maximum atomic E-state index is 5.98. The highest BCUT2D eigenvalue weighted by atomic mass is 16.4. The van der Waals surface area contributed by atoms with Crippen molar-refractivity contribution in [1.29, 1.82) is 0 Å². The number of benzene rings is 1. The zero-order chi connectivity index (χ0) is 18.1. The summed E-state index contributed by atoms with van der Waals surface area (Å²) in [5.74, 6) is 1.49. The van der Waals surface area contributed by atoms with Crippen LogP contribution in [0.4, 0.5) is 6.01 Å². The van der Waals surface area contributed by atoms with Crippen LogP contribution in [0.5, 0.6) is 0 Å². The minimum atomic E-state index is 0.362. The van der Waals surface area contributed by atoms with Crippen molar-refractivity contribution < 1.29 is 4.42 Å². The second-order valence-corrected chi connectivity index (χ2v) is 7.02. The molecule has 1 saturated heterocycles. The number of pyridine rings is 1. The summed E-state index contributed by atoms with van der Waals surface area (Å²) < 4.78 is 8.21. The summed E-state index contributed by atoms with van der Waals surface area (Å²) in [6.07, 6.45) is 9.89. The lowest BCUT2D eigenvalue weighted by Crippen LogP contribution is -2.35. The minimum absolute atomic E-state index is 0.362. The third-order valence-electron chi connectivity index (χ3n) is 5.16. The molecule has 0 aliphatic carbocycles. The first-order valence-corrected chi connectivity index (χ1v) is 9.37.